The van der Waals surface area contributed by atoms with Crippen molar-refractivity contribution in [2.24, 2.45) is 0 Å². The zero-order valence-corrected chi connectivity index (χ0v) is 12.2. The predicted molar refractivity (Wildman–Crippen MR) is 76.4 cm³/mol. The Kier molecular flexibility index (Phi) is 5.16. The molecule has 104 valence electrons. The molecular weight excluding hydrogens is 240 g/mol. The van der Waals surface area contributed by atoms with Crippen molar-refractivity contribution in [1.29, 1.82) is 0 Å². The SMILES string of the molecule is C=C(COc1cccc(C(C)(C)C)c1)C(=O)OCC. The third-order valence-corrected chi connectivity index (χ3v) is 2.68. The number of carbonyl (C=O) groups excluding carboxylic acids is 1. The van der Waals surface area contributed by atoms with Gasteiger partial charge in [-0.25, -0.2) is 4.79 Å². The van der Waals surface area contributed by atoms with E-state index < -0.39 is 5.97 Å². The normalized spacial score (nSPS) is 10.9. The summed E-state index contributed by atoms with van der Waals surface area (Å²) in [6.45, 7) is 12.3. The van der Waals surface area contributed by atoms with E-state index in [-0.39, 0.29) is 12.0 Å². The van der Waals surface area contributed by atoms with Gasteiger partial charge < -0.3 is 9.47 Å². The van der Waals surface area contributed by atoms with Gasteiger partial charge in [0.1, 0.15) is 12.4 Å². The molecule has 19 heavy (non-hydrogen) atoms. The molecule has 0 atom stereocenters. The number of ether oxygens (including phenoxy) is 2. The van der Waals surface area contributed by atoms with Gasteiger partial charge in [0, 0.05) is 0 Å². The Labute approximate surface area is 115 Å². The van der Waals surface area contributed by atoms with Crippen LogP contribution in [0.25, 0.3) is 0 Å². The molecule has 3 heteroatoms. The van der Waals surface area contributed by atoms with Crippen LogP contribution in [0.1, 0.15) is 33.3 Å². The molecule has 0 spiro atoms. The van der Waals surface area contributed by atoms with Gasteiger partial charge >= 0.3 is 5.97 Å². The highest BCUT2D eigenvalue weighted by molar-refractivity contribution is 5.88. The van der Waals surface area contributed by atoms with Gasteiger partial charge in [-0.15, -0.1) is 0 Å². The van der Waals surface area contributed by atoms with E-state index in [1.54, 1.807) is 6.92 Å². The van der Waals surface area contributed by atoms with Crippen molar-refractivity contribution in [2.45, 2.75) is 33.1 Å². The molecule has 0 fully saturated rings. The lowest BCUT2D eigenvalue weighted by Crippen LogP contribution is -2.14. The maximum absolute atomic E-state index is 11.4. The average Bonchev–Trinajstić information content (AvgIpc) is 2.35. The highest BCUT2D eigenvalue weighted by atomic mass is 16.5. The third kappa shape index (κ3) is 4.78. The monoisotopic (exact) mass is 262 g/mol. The molecule has 0 aromatic heterocycles. The molecule has 0 N–H and O–H groups in total. The van der Waals surface area contributed by atoms with Crippen LogP contribution < -0.4 is 4.74 Å². The minimum absolute atomic E-state index is 0.0670. The summed E-state index contributed by atoms with van der Waals surface area (Å²) in [5, 5.41) is 0. The first-order chi connectivity index (χ1) is 8.84. The Balaban J connectivity index is 2.64. The zero-order valence-electron chi connectivity index (χ0n) is 12.2. The molecule has 0 aliphatic rings. The van der Waals surface area contributed by atoms with E-state index in [1.165, 1.54) is 5.56 Å². The van der Waals surface area contributed by atoms with Crippen molar-refractivity contribution >= 4 is 5.97 Å². The standard InChI is InChI=1S/C16H22O3/c1-6-18-15(17)12(2)11-19-14-9-7-8-13(10-14)16(3,4)5/h7-10H,2,6,11H2,1,3-5H3. The van der Waals surface area contributed by atoms with Gasteiger partial charge in [-0.05, 0) is 30.0 Å². The van der Waals surface area contributed by atoms with Crippen molar-refractivity contribution < 1.29 is 14.3 Å². The van der Waals surface area contributed by atoms with Crippen LogP contribution in [0.3, 0.4) is 0 Å². The van der Waals surface area contributed by atoms with Crippen molar-refractivity contribution in [3.63, 3.8) is 0 Å². The minimum atomic E-state index is -0.408. The average molecular weight is 262 g/mol. The molecule has 0 heterocycles. The maximum atomic E-state index is 11.4. The van der Waals surface area contributed by atoms with Crippen molar-refractivity contribution in [3.8, 4) is 5.75 Å². The summed E-state index contributed by atoms with van der Waals surface area (Å²) in [4.78, 5) is 11.4. The zero-order chi connectivity index (χ0) is 14.5. The molecule has 0 unspecified atom stereocenters. The summed E-state index contributed by atoms with van der Waals surface area (Å²) in [6.07, 6.45) is 0. The highest BCUT2D eigenvalue weighted by Crippen LogP contribution is 2.25. The second-order valence-corrected chi connectivity index (χ2v) is 5.39. The Morgan fingerprint density at radius 3 is 2.58 bits per heavy atom. The summed E-state index contributed by atoms with van der Waals surface area (Å²) in [7, 11) is 0. The molecule has 0 aliphatic carbocycles. The molecular formula is C16H22O3. The second kappa shape index (κ2) is 6.41. The third-order valence-electron chi connectivity index (χ3n) is 2.68. The molecule has 0 radical (unpaired) electrons. The molecule has 0 amide bonds. The Morgan fingerprint density at radius 2 is 2.00 bits per heavy atom. The topological polar surface area (TPSA) is 35.5 Å². The highest BCUT2D eigenvalue weighted by Gasteiger charge is 2.14. The van der Waals surface area contributed by atoms with Gasteiger partial charge in [0.25, 0.3) is 0 Å². The van der Waals surface area contributed by atoms with E-state index in [0.717, 1.165) is 5.75 Å². The van der Waals surface area contributed by atoms with Gasteiger partial charge in [-0.1, -0.05) is 39.5 Å². The number of hydrogen-bond acceptors (Lipinski definition) is 3. The lowest BCUT2D eigenvalue weighted by atomic mass is 9.87. The van der Waals surface area contributed by atoms with Gasteiger partial charge in [0.05, 0.1) is 12.2 Å². The quantitative estimate of drug-likeness (QED) is 0.602. The summed E-state index contributed by atoms with van der Waals surface area (Å²) >= 11 is 0. The number of benzene rings is 1. The van der Waals surface area contributed by atoms with Gasteiger partial charge in [-0.3, -0.25) is 0 Å². The van der Waals surface area contributed by atoms with Crippen molar-refractivity contribution in [1.82, 2.24) is 0 Å². The number of carbonyl (C=O) groups is 1. The van der Waals surface area contributed by atoms with Crippen molar-refractivity contribution in [2.75, 3.05) is 13.2 Å². The predicted octanol–water partition coefficient (Wildman–Crippen LogP) is 3.48. The van der Waals surface area contributed by atoms with Crippen LogP contribution in [0, 0.1) is 0 Å². The lowest BCUT2D eigenvalue weighted by molar-refractivity contribution is -0.138. The molecule has 1 rings (SSSR count). The van der Waals surface area contributed by atoms with E-state index in [9.17, 15) is 4.79 Å². The fraction of sp³-hybridized carbons (Fsp3) is 0.438. The van der Waals surface area contributed by atoms with E-state index in [4.69, 9.17) is 9.47 Å². The fourth-order valence-corrected chi connectivity index (χ4v) is 1.51. The Hall–Kier alpha value is -1.77. The first-order valence-corrected chi connectivity index (χ1v) is 6.43. The number of esters is 1. The number of hydrogen-bond donors (Lipinski definition) is 0. The van der Waals surface area contributed by atoms with Gasteiger partial charge in [-0.2, -0.15) is 0 Å². The summed E-state index contributed by atoms with van der Waals surface area (Å²) in [5.41, 5.74) is 1.58. The molecule has 0 saturated carbocycles. The molecule has 1 aromatic carbocycles. The first-order valence-electron chi connectivity index (χ1n) is 6.43. The molecule has 0 aliphatic heterocycles. The van der Waals surface area contributed by atoms with E-state index in [0.29, 0.717) is 12.2 Å². The van der Waals surface area contributed by atoms with E-state index in [1.807, 2.05) is 18.2 Å². The molecule has 1 aromatic rings. The molecule has 0 saturated heterocycles. The smallest absolute Gasteiger partial charge is 0.336 e. The van der Waals surface area contributed by atoms with Crippen LogP contribution in [-0.4, -0.2) is 19.2 Å². The largest absolute Gasteiger partial charge is 0.489 e. The van der Waals surface area contributed by atoms with Crippen LogP contribution in [0.5, 0.6) is 5.75 Å². The van der Waals surface area contributed by atoms with Crippen LogP contribution >= 0.6 is 0 Å². The van der Waals surface area contributed by atoms with Crippen LogP contribution in [0.15, 0.2) is 36.4 Å². The van der Waals surface area contributed by atoms with E-state index >= 15 is 0 Å². The van der Waals surface area contributed by atoms with Crippen LogP contribution in [0.2, 0.25) is 0 Å². The van der Waals surface area contributed by atoms with Crippen LogP contribution in [0.4, 0.5) is 0 Å². The Bertz CT molecular complexity index is 455. The lowest BCUT2D eigenvalue weighted by Gasteiger charge is -2.19. The minimum Gasteiger partial charge on any atom is -0.489 e. The van der Waals surface area contributed by atoms with E-state index in [2.05, 4.69) is 33.4 Å². The summed E-state index contributed by atoms with van der Waals surface area (Å²) in [5.74, 6) is 0.326. The van der Waals surface area contributed by atoms with Crippen molar-refractivity contribution in [3.05, 3.63) is 42.0 Å². The number of rotatable bonds is 5. The molecule has 3 nitrogen and oxygen atoms in total. The van der Waals surface area contributed by atoms with Gasteiger partial charge in [0.2, 0.25) is 0 Å². The van der Waals surface area contributed by atoms with Crippen LogP contribution in [-0.2, 0) is 14.9 Å². The Morgan fingerprint density at radius 1 is 1.32 bits per heavy atom. The summed E-state index contributed by atoms with van der Waals surface area (Å²) in [6, 6.07) is 7.86. The molecule has 0 bridgehead atoms. The summed E-state index contributed by atoms with van der Waals surface area (Å²) < 4.78 is 10.4. The second-order valence-electron chi connectivity index (χ2n) is 5.39. The fourth-order valence-electron chi connectivity index (χ4n) is 1.51. The first kappa shape index (κ1) is 15.3. The maximum Gasteiger partial charge on any atom is 0.336 e. The van der Waals surface area contributed by atoms with Gasteiger partial charge in [0.15, 0.2) is 0 Å².